The molecule has 0 amide bonds. The number of ether oxygens (including phenoxy) is 2. The summed E-state index contributed by atoms with van der Waals surface area (Å²) in [5.41, 5.74) is 1.70. The van der Waals surface area contributed by atoms with Crippen LogP contribution in [0.4, 0.5) is 30.4 Å². The summed E-state index contributed by atoms with van der Waals surface area (Å²) in [6.07, 6.45) is 2.90. The predicted molar refractivity (Wildman–Crippen MR) is 141 cm³/mol. The van der Waals surface area contributed by atoms with Gasteiger partial charge in [-0.3, -0.25) is 14.5 Å². The van der Waals surface area contributed by atoms with Crippen molar-refractivity contribution in [2.24, 2.45) is 0 Å². The molecule has 1 aromatic heterocycles. The van der Waals surface area contributed by atoms with Gasteiger partial charge in [-0.15, -0.1) is 0 Å². The normalized spacial score (nSPS) is 14.0. The van der Waals surface area contributed by atoms with E-state index in [-0.39, 0.29) is 32.1 Å². The van der Waals surface area contributed by atoms with Gasteiger partial charge in [-0.05, 0) is 36.8 Å². The molecule has 0 unspecified atom stereocenters. The number of carbonyl (C=O) groups is 2. The molecule has 0 atom stereocenters. The highest BCUT2D eigenvalue weighted by atomic mass is 19.1. The van der Waals surface area contributed by atoms with Crippen molar-refractivity contribution in [3.8, 4) is 5.69 Å². The molecule has 210 valence electrons. The zero-order valence-corrected chi connectivity index (χ0v) is 21.9. The van der Waals surface area contributed by atoms with Gasteiger partial charge in [0.05, 0.1) is 29.3 Å². The van der Waals surface area contributed by atoms with Crippen molar-refractivity contribution in [3.05, 3.63) is 65.9 Å². The number of benzene rings is 2. The van der Waals surface area contributed by atoms with E-state index in [1.165, 1.54) is 43.1 Å². The van der Waals surface area contributed by atoms with Gasteiger partial charge in [0.15, 0.2) is 5.82 Å². The summed E-state index contributed by atoms with van der Waals surface area (Å²) in [6.45, 7) is 6.74. The van der Waals surface area contributed by atoms with Gasteiger partial charge in [0.2, 0.25) is 0 Å². The van der Waals surface area contributed by atoms with Crippen LogP contribution in [0.1, 0.15) is 20.8 Å². The number of esters is 2. The predicted octanol–water partition coefficient (Wildman–Crippen LogP) is 4.20. The molecule has 2 aromatic carbocycles. The van der Waals surface area contributed by atoms with E-state index in [1.807, 2.05) is 11.8 Å². The Morgan fingerprint density at radius 1 is 0.974 bits per heavy atom. The lowest BCUT2D eigenvalue weighted by molar-refractivity contribution is -0.147. The molecule has 1 saturated heterocycles. The van der Waals surface area contributed by atoms with E-state index in [1.54, 1.807) is 12.1 Å². The maximum Gasteiger partial charge on any atom is 0.302 e. The summed E-state index contributed by atoms with van der Waals surface area (Å²) in [5, 5.41) is 2.97. The van der Waals surface area contributed by atoms with Crippen molar-refractivity contribution in [3.63, 3.8) is 0 Å². The minimum absolute atomic E-state index is 0. The number of hydrogen-bond donors (Lipinski definition) is 1. The topological polar surface area (TPSA) is 88.9 Å². The van der Waals surface area contributed by atoms with E-state index < -0.39 is 29.4 Å². The Labute approximate surface area is 225 Å². The van der Waals surface area contributed by atoms with Gasteiger partial charge >= 0.3 is 11.9 Å². The Kier molecular flexibility index (Phi) is 8.75. The first kappa shape index (κ1) is 28.0. The summed E-state index contributed by atoms with van der Waals surface area (Å²) in [4.78, 5) is 30.8. The first-order valence-electron chi connectivity index (χ1n) is 12.4. The summed E-state index contributed by atoms with van der Waals surface area (Å²) < 4.78 is 54.6. The first-order chi connectivity index (χ1) is 18.6. The molecule has 12 heteroatoms. The SMILES string of the molecule is CC(=O)OCC(COC(C)=O)N1CCN(c2cc(C)cc(Nc3cn(-c4cc(F)cc(F)c4)cn3)c2F)CC1.[HH]. The lowest BCUT2D eigenvalue weighted by atomic mass is 10.1. The fourth-order valence-corrected chi connectivity index (χ4v) is 4.44. The van der Waals surface area contributed by atoms with Crippen LogP contribution >= 0.6 is 0 Å². The van der Waals surface area contributed by atoms with Crippen molar-refractivity contribution in [1.29, 1.82) is 0 Å². The Morgan fingerprint density at radius 3 is 2.18 bits per heavy atom. The van der Waals surface area contributed by atoms with E-state index in [4.69, 9.17) is 9.47 Å². The third-order valence-electron chi connectivity index (χ3n) is 6.32. The monoisotopic (exact) mass is 547 g/mol. The second kappa shape index (κ2) is 12.2. The number of halogens is 3. The molecule has 0 radical (unpaired) electrons. The van der Waals surface area contributed by atoms with E-state index in [0.717, 1.165) is 11.6 Å². The fraction of sp³-hybridized carbons (Fsp3) is 0.370. The second-order valence-corrected chi connectivity index (χ2v) is 9.35. The number of imidazole rings is 1. The van der Waals surface area contributed by atoms with E-state index in [0.29, 0.717) is 37.7 Å². The van der Waals surface area contributed by atoms with Crippen LogP contribution in [-0.2, 0) is 19.1 Å². The minimum Gasteiger partial charge on any atom is -0.464 e. The zero-order valence-electron chi connectivity index (χ0n) is 21.9. The zero-order chi connectivity index (χ0) is 28.1. The van der Waals surface area contributed by atoms with Crippen molar-refractivity contribution < 1.29 is 33.7 Å². The van der Waals surface area contributed by atoms with Crippen LogP contribution in [0.2, 0.25) is 0 Å². The summed E-state index contributed by atoms with van der Waals surface area (Å²) in [7, 11) is 0. The highest BCUT2D eigenvalue weighted by Gasteiger charge is 2.27. The third-order valence-corrected chi connectivity index (χ3v) is 6.32. The van der Waals surface area contributed by atoms with Crippen molar-refractivity contribution in [2.75, 3.05) is 49.6 Å². The molecule has 39 heavy (non-hydrogen) atoms. The number of hydrogen-bond acceptors (Lipinski definition) is 8. The highest BCUT2D eigenvalue weighted by Crippen LogP contribution is 2.31. The van der Waals surface area contributed by atoms with Gasteiger partial charge in [0.25, 0.3) is 0 Å². The molecule has 1 aliphatic heterocycles. The van der Waals surface area contributed by atoms with Crippen molar-refractivity contribution in [1.82, 2.24) is 14.5 Å². The van der Waals surface area contributed by atoms with Gasteiger partial charge in [-0.1, -0.05) is 0 Å². The van der Waals surface area contributed by atoms with Crippen LogP contribution in [0.3, 0.4) is 0 Å². The fourth-order valence-electron chi connectivity index (χ4n) is 4.44. The largest absolute Gasteiger partial charge is 0.464 e. The standard InChI is InChI=1S/C27H30F3N5O4.H2/c1-17-8-24(32-26-13-35(16-31-26)22-11-20(28)10-21(29)12-22)27(30)25(9-17)34-6-4-33(5-7-34)23(14-38-18(2)36)15-39-19(3)37;/h8-13,16,23,32H,4-7,14-15H2,1-3H3;1H. The third kappa shape index (κ3) is 7.29. The number of rotatable bonds is 9. The Morgan fingerprint density at radius 2 is 1.59 bits per heavy atom. The molecule has 9 nitrogen and oxygen atoms in total. The molecule has 2 heterocycles. The Balaban J connectivity index is 0.00000441. The average molecular weight is 548 g/mol. The van der Waals surface area contributed by atoms with Crippen LogP contribution in [0.5, 0.6) is 0 Å². The molecule has 1 aliphatic rings. The molecule has 3 aromatic rings. The molecule has 1 fully saturated rings. The van der Waals surface area contributed by atoms with E-state index >= 15 is 4.39 Å². The van der Waals surface area contributed by atoms with E-state index in [2.05, 4.69) is 15.2 Å². The maximum absolute atomic E-state index is 15.7. The molecule has 1 N–H and O–H groups in total. The van der Waals surface area contributed by atoms with Crippen LogP contribution in [0.25, 0.3) is 5.69 Å². The molecule has 0 saturated carbocycles. The number of aromatic nitrogens is 2. The molecular weight excluding hydrogens is 515 g/mol. The smallest absolute Gasteiger partial charge is 0.302 e. The number of carbonyl (C=O) groups excluding carboxylic acids is 2. The van der Waals surface area contributed by atoms with Gasteiger partial charge in [-0.25, -0.2) is 18.2 Å². The number of anilines is 3. The molecule has 4 rings (SSSR count). The summed E-state index contributed by atoms with van der Waals surface area (Å²) in [6, 6.07) is 6.24. The minimum atomic E-state index is -0.716. The lowest BCUT2D eigenvalue weighted by Crippen LogP contribution is -2.53. The highest BCUT2D eigenvalue weighted by molar-refractivity contribution is 5.67. The quantitative estimate of drug-likeness (QED) is 0.399. The number of piperazine rings is 1. The van der Waals surface area contributed by atoms with Crippen LogP contribution < -0.4 is 10.2 Å². The first-order valence-corrected chi connectivity index (χ1v) is 12.4. The number of nitrogens with zero attached hydrogens (tertiary/aromatic N) is 4. The lowest BCUT2D eigenvalue weighted by Gasteiger charge is -2.40. The Hall–Kier alpha value is -4.06. The molecular formula is C27H32F3N5O4. The van der Waals surface area contributed by atoms with Crippen molar-refractivity contribution >= 4 is 29.1 Å². The number of aryl methyl sites for hydroxylation is 1. The van der Waals surface area contributed by atoms with Crippen LogP contribution in [0.15, 0.2) is 42.9 Å². The van der Waals surface area contributed by atoms with Gasteiger partial charge < -0.3 is 24.3 Å². The van der Waals surface area contributed by atoms with E-state index in [9.17, 15) is 18.4 Å². The second-order valence-electron chi connectivity index (χ2n) is 9.35. The summed E-state index contributed by atoms with van der Waals surface area (Å²) >= 11 is 0. The van der Waals surface area contributed by atoms with Gasteiger partial charge in [-0.2, -0.15) is 0 Å². The molecule has 0 bridgehead atoms. The van der Waals surface area contributed by atoms with Crippen molar-refractivity contribution in [2.45, 2.75) is 26.8 Å². The Bertz CT molecular complexity index is 1310. The maximum atomic E-state index is 15.7. The van der Waals surface area contributed by atoms with Crippen LogP contribution in [-0.4, -0.2) is 71.8 Å². The molecule has 0 aliphatic carbocycles. The van der Waals surface area contributed by atoms with Gasteiger partial charge in [0, 0.05) is 47.5 Å². The van der Waals surface area contributed by atoms with Crippen LogP contribution in [0, 0.1) is 24.4 Å². The number of nitrogens with one attached hydrogen (secondary N) is 1. The van der Waals surface area contributed by atoms with Gasteiger partial charge in [0.1, 0.15) is 37.0 Å². The molecule has 0 spiro atoms. The average Bonchev–Trinajstić information content (AvgIpc) is 3.34. The summed E-state index contributed by atoms with van der Waals surface area (Å²) in [5.74, 6) is -2.43.